The number of nitrogens with one attached hydrogen (secondary N) is 3. The van der Waals surface area contributed by atoms with E-state index >= 15 is 0 Å². The zero-order chi connectivity index (χ0) is 22.9. The van der Waals surface area contributed by atoms with Gasteiger partial charge in [0.1, 0.15) is 0 Å². The number of amides is 1. The SMILES string of the molecule is CCNC(=NCc1ccccc1-n1nc(C)cc1C)NCCNC(=O)c1cccc(C)c1. The van der Waals surface area contributed by atoms with Crippen LogP contribution < -0.4 is 16.0 Å². The number of aryl methyl sites for hydroxylation is 3. The minimum atomic E-state index is -0.0729. The van der Waals surface area contributed by atoms with Crippen molar-refractivity contribution in [1.29, 1.82) is 0 Å². The van der Waals surface area contributed by atoms with E-state index in [1.165, 1.54) is 0 Å². The lowest BCUT2D eigenvalue weighted by atomic mass is 10.1. The first-order chi connectivity index (χ1) is 15.5. The van der Waals surface area contributed by atoms with E-state index in [1.807, 2.05) is 61.9 Å². The Hall–Kier alpha value is -3.61. The Morgan fingerprint density at radius 1 is 0.969 bits per heavy atom. The van der Waals surface area contributed by atoms with Gasteiger partial charge in [-0.2, -0.15) is 5.10 Å². The van der Waals surface area contributed by atoms with Crippen LogP contribution in [0.4, 0.5) is 0 Å². The van der Waals surface area contributed by atoms with E-state index < -0.39 is 0 Å². The summed E-state index contributed by atoms with van der Waals surface area (Å²) in [6, 6.07) is 17.8. The van der Waals surface area contributed by atoms with Crippen molar-refractivity contribution in [2.24, 2.45) is 4.99 Å². The number of para-hydroxylation sites is 1. The van der Waals surface area contributed by atoms with Gasteiger partial charge in [0.25, 0.3) is 5.91 Å². The fraction of sp³-hybridized carbons (Fsp3) is 0.320. The smallest absolute Gasteiger partial charge is 0.251 e. The van der Waals surface area contributed by atoms with Crippen molar-refractivity contribution in [3.8, 4) is 5.69 Å². The van der Waals surface area contributed by atoms with Crippen LogP contribution in [0.5, 0.6) is 0 Å². The van der Waals surface area contributed by atoms with Gasteiger partial charge in [-0.3, -0.25) is 4.79 Å². The highest BCUT2D eigenvalue weighted by molar-refractivity contribution is 5.94. The molecule has 2 aromatic carbocycles. The summed E-state index contributed by atoms with van der Waals surface area (Å²) >= 11 is 0. The van der Waals surface area contributed by atoms with Crippen LogP contribution in [0.2, 0.25) is 0 Å². The van der Waals surface area contributed by atoms with Gasteiger partial charge in [0.2, 0.25) is 0 Å². The molecule has 0 radical (unpaired) electrons. The number of guanidine groups is 1. The molecule has 1 amide bonds. The average Bonchev–Trinajstić information content (AvgIpc) is 3.12. The molecular formula is C25H32N6O. The molecule has 1 heterocycles. The summed E-state index contributed by atoms with van der Waals surface area (Å²) < 4.78 is 1.96. The van der Waals surface area contributed by atoms with Gasteiger partial charge in [0.05, 0.1) is 17.9 Å². The van der Waals surface area contributed by atoms with E-state index in [4.69, 9.17) is 4.99 Å². The van der Waals surface area contributed by atoms with Crippen LogP contribution in [-0.4, -0.2) is 41.3 Å². The van der Waals surface area contributed by atoms with Crippen LogP contribution in [0.3, 0.4) is 0 Å². The number of aromatic nitrogens is 2. The van der Waals surface area contributed by atoms with Gasteiger partial charge in [-0.25, -0.2) is 9.67 Å². The van der Waals surface area contributed by atoms with Crippen LogP contribution in [0.1, 0.15) is 39.8 Å². The maximum atomic E-state index is 12.3. The Labute approximate surface area is 190 Å². The molecule has 0 saturated carbocycles. The van der Waals surface area contributed by atoms with Crippen molar-refractivity contribution in [2.75, 3.05) is 19.6 Å². The van der Waals surface area contributed by atoms with Crippen molar-refractivity contribution in [2.45, 2.75) is 34.2 Å². The molecule has 0 aliphatic carbocycles. The molecule has 3 N–H and O–H groups in total. The van der Waals surface area contributed by atoms with Crippen LogP contribution in [0, 0.1) is 20.8 Å². The maximum absolute atomic E-state index is 12.3. The van der Waals surface area contributed by atoms with Crippen molar-refractivity contribution in [1.82, 2.24) is 25.7 Å². The molecule has 7 nitrogen and oxygen atoms in total. The third-order valence-electron chi connectivity index (χ3n) is 4.96. The van der Waals surface area contributed by atoms with E-state index in [-0.39, 0.29) is 5.91 Å². The molecular weight excluding hydrogens is 400 g/mol. The summed E-state index contributed by atoms with van der Waals surface area (Å²) in [5, 5.41) is 14.1. The van der Waals surface area contributed by atoms with Gasteiger partial charge < -0.3 is 16.0 Å². The number of hydrogen-bond acceptors (Lipinski definition) is 3. The van der Waals surface area contributed by atoms with Gasteiger partial charge in [-0.15, -0.1) is 0 Å². The summed E-state index contributed by atoms with van der Waals surface area (Å²) in [5.74, 6) is 0.636. The predicted octanol–water partition coefficient (Wildman–Crippen LogP) is 3.28. The minimum absolute atomic E-state index is 0.0729. The van der Waals surface area contributed by atoms with Crippen molar-refractivity contribution in [3.05, 3.63) is 82.7 Å². The molecule has 1 aromatic heterocycles. The van der Waals surface area contributed by atoms with E-state index in [0.29, 0.717) is 31.2 Å². The normalized spacial score (nSPS) is 11.3. The maximum Gasteiger partial charge on any atom is 0.251 e. The molecule has 168 valence electrons. The Morgan fingerprint density at radius 3 is 2.47 bits per heavy atom. The number of carbonyl (C=O) groups excluding carboxylic acids is 1. The zero-order valence-electron chi connectivity index (χ0n) is 19.3. The second-order valence-electron chi connectivity index (χ2n) is 7.71. The van der Waals surface area contributed by atoms with E-state index in [2.05, 4.69) is 46.2 Å². The van der Waals surface area contributed by atoms with Crippen LogP contribution in [-0.2, 0) is 6.54 Å². The van der Waals surface area contributed by atoms with Crippen molar-refractivity contribution < 1.29 is 4.79 Å². The first-order valence-electron chi connectivity index (χ1n) is 11.0. The average molecular weight is 433 g/mol. The molecule has 7 heteroatoms. The van der Waals surface area contributed by atoms with E-state index in [9.17, 15) is 4.79 Å². The van der Waals surface area contributed by atoms with Gasteiger partial charge in [0, 0.05) is 30.9 Å². The Balaban J connectivity index is 1.60. The molecule has 0 atom stereocenters. The zero-order valence-corrected chi connectivity index (χ0v) is 19.3. The monoisotopic (exact) mass is 432 g/mol. The second-order valence-corrected chi connectivity index (χ2v) is 7.71. The Kier molecular flexibility index (Phi) is 8.02. The first kappa shape index (κ1) is 23.1. The molecule has 3 rings (SSSR count). The summed E-state index contributed by atoms with van der Waals surface area (Å²) in [7, 11) is 0. The predicted molar refractivity (Wildman–Crippen MR) is 129 cm³/mol. The first-order valence-corrected chi connectivity index (χ1v) is 11.0. The third kappa shape index (κ3) is 6.20. The lowest BCUT2D eigenvalue weighted by Gasteiger charge is -2.13. The number of benzene rings is 2. The van der Waals surface area contributed by atoms with E-state index in [0.717, 1.165) is 34.7 Å². The molecule has 32 heavy (non-hydrogen) atoms. The lowest BCUT2D eigenvalue weighted by Crippen LogP contribution is -2.41. The van der Waals surface area contributed by atoms with Gasteiger partial charge in [-0.1, -0.05) is 35.9 Å². The highest BCUT2D eigenvalue weighted by atomic mass is 16.1. The number of rotatable bonds is 8. The third-order valence-corrected chi connectivity index (χ3v) is 4.96. The van der Waals surface area contributed by atoms with Crippen LogP contribution in [0.15, 0.2) is 59.6 Å². The summed E-state index contributed by atoms with van der Waals surface area (Å²) in [5.41, 5.74) is 5.94. The Morgan fingerprint density at radius 2 is 1.75 bits per heavy atom. The van der Waals surface area contributed by atoms with Crippen molar-refractivity contribution in [3.63, 3.8) is 0 Å². The molecule has 0 spiro atoms. The second kappa shape index (κ2) is 11.1. The number of nitrogens with zero attached hydrogens (tertiary/aromatic N) is 3. The van der Waals surface area contributed by atoms with Crippen LogP contribution >= 0.6 is 0 Å². The summed E-state index contributed by atoms with van der Waals surface area (Å²) in [6.07, 6.45) is 0. The van der Waals surface area contributed by atoms with E-state index in [1.54, 1.807) is 0 Å². The molecule has 0 bridgehead atoms. The Bertz CT molecular complexity index is 1090. The van der Waals surface area contributed by atoms with Gasteiger partial charge in [0.15, 0.2) is 5.96 Å². The molecule has 0 unspecified atom stereocenters. The number of aliphatic imine (C=N–C) groups is 1. The highest BCUT2D eigenvalue weighted by Gasteiger charge is 2.09. The topological polar surface area (TPSA) is 83.3 Å². The number of carbonyl (C=O) groups is 1. The molecule has 0 aliphatic heterocycles. The molecule has 3 aromatic rings. The van der Waals surface area contributed by atoms with Crippen molar-refractivity contribution >= 4 is 11.9 Å². The highest BCUT2D eigenvalue weighted by Crippen LogP contribution is 2.17. The molecule has 0 aliphatic rings. The standard InChI is InChI=1S/C25H32N6O/c1-5-26-25(28-14-13-27-24(32)21-11-8-9-18(2)15-21)29-17-22-10-6-7-12-23(22)31-20(4)16-19(3)30-31/h6-12,15-16H,5,13-14,17H2,1-4H3,(H,27,32)(H2,26,28,29). The summed E-state index contributed by atoms with van der Waals surface area (Å²) in [4.78, 5) is 17.0. The fourth-order valence-corrected chi connectivity index (χ4v) is 3.48. The lowest BCUT2D eigenvalue weighted by molar-refractivity contribution is 0.0954. The molecule has 0 fully saturated rings. The van der Waals surface area contributed by atoms with Crippen LogP contribution in [0.25, 0.3) is 5.69 Å². The molecule has 0 saturated heterocycles. The van der Waals surface area contributed by atoms with Gasteiger partial charge >= 0.3 is 0 Å². The van der Waals surface area contributed by atoms with Gasteiger partial charge in [-0.05, 0) is 57.5 Å². The fourth-order valence-electron chi connectivity index (χ4n) is 3.48. The summed E-state index contributed by atoms with van der Waals surface area (Å²) in [6.45, 7) is 10.4. The minimum Gasteiger partial charge on any atom is -0.357 e. The number of hydrogen-bond donors (Lipinski definition) is 3. The quantitative estimate of drug-likeness (QED) is 0.290. The largest absolute Gasteiger partial charge is 0.357 e.